The van der Waals surface area contributed by atoms with Gasteiger partial charge in [0.25, 0.3) is 11.5 Å². The van der Waals surface area contributed by atoms with Crippen LogP contribution in [0.5, 0.6) is 0 Å². The zero-order valence-corrected chi connectivity index (χ0v) is 19.8. The predicted molar refractivity (Wildman–Crippen MR) is 118 cm³/mol. The average molecular weight is 495 g/mol. The summed E-state index contributed by atoms with van der Waals surface area (Å²) in [5.74, 6) is -2.71. The first kappa shape index (κ1) is 25.7. The maximum atomic E-state index is 13.6. The van der Waals surface area contributed by atoms with Crippen molar-refractivity contribution in [3.63, 3.8) is 0 Å². The van der Waals surface area contributed by atoms with Crippen molar-refractivity contribution in [3.05, 3.63) is 33.6 Å². The molecule has 1 aliphatic rings. The summed E-state index contributed by atoms with van der Waals surface area (Å²) in [6, 6.07) is 0.795. The molecule has 0 spiro atoms. The van der Waals surface area contributed by atoms with Gasteiger partial charge in [-0.1, -0.05) is 0 Å². The Morgan fingerprint density at radius 1 is 1.18 bits per heavy atom. The minimum atomic E-state index is -4.71. The van der Waals surface area contributed by atoms with Crippen LogP contribution in [0.2, 0.25) is 0 Å². The summed E-state index contributed by atoms with van der Waals surface area (Å²) in [4.78, 5) is 19.0. The number of anilines is 1. The number of alkyl halides is 5. The van der Waals surface area contributed by atoms with Crippen molar-refractivity contribution in [2.24, 2.45) is 7.05 Å². The van der Waals surface area contributed by atoms with Gasteiger partial charge in [0.2, 0.25) is 5.95 Å². The molecule has 0 bridgehead atoms. The molecule has 3 rings (SSSR count). The maximum absolute atomic E-state index is 13.6. The van der Waals surface area contributed by atoms with Crippen molar-refractivity contribution in [2.45, 2.75) is 63.4 Å². The van der Waals surface area contributed by atoms with Crippen LogP contribution in [0.3, 0.4) is 0 Å². The van der Waals surface area contributed by atoms with Crippen LogP contribution in [0.4, 0.5) is 27.9 Å². The van der Waals surface area contributed by atoms with Crippen molar-refractivity contribution in [3.8, 4) is 0 Å². The third kappa shape index (κ3) is 5.43. The van der Waals surface area contributed by atoms with Crippen molar-refractivity contribution >= 4 is 28.2 Å². The normalized spacial score (nSPS) is 19.1. The van der Waals surface area contributed by atoms with Crippen LogP contribution in [-0.4, -0.2) is 37.9 Å². The molecule has 1 saturated heterocycles. The Morgan fingerprint density at radius 2 is 1.76 bits per heavy atom. The molecule has 0 aliphatic carbocycles. The van der Waals surface area contributed by atoms with Gasteiger partial charge in [-0.2, -0.15) is 13.2 Å². The van der Waals surface area contributed by atoms with Crippen LogP contribution in [0.15, 0.2) is 16.9 Å². The molecular formula is C21H27F5N4O2S. The highest BCUT2D eigenvalue weighted by atomic mass is 32.2. The predicted octanol–water partition coefficient (Wildman–Crippen LogP) is 4.30. The fourth-order valence-electron chi connectivity index (χ4n) is 3.60. The summed E-state index contributed by atoms with van der Waals surface area (Å²) in [5.41, 5.74) is -1.67. The molecule has 12 heteroatoms. The van der Waals surface area contributed by atoms with Crippen molar-refractivity contribution in [2.75, 3.05) is 18.0 Å². The molecule has 2 aromatic rings. The molecule has 184 valence electrons. The maximum Gasteiger partial charge on any atom is 0.416 e. The molecule has 1 N–H and O–H groups in total. The van der Waals surface area contributed by atoms with E-state index in [2.05, 4.69) is 9.71 Å². The fourth-order valence-corrected chi connectivity index (χ4v) is 4.40. The average Bonchev–Trinajstić information content (AvgIpc) is 2.68. The molecule has 2 atom stereocenters. The van der Waals surface area contributed by atoms with Gasteiger partial charge in [0.15, 0.2) is 0 Å². The Labute approximate surface area is 191 Å². The van der Waals surface area contributed by atoms with Crippen molar-refractivity contribution in [1.29, 1.82) is 0 Å². The molecule has 1 aromatic carbocycles. The molecule has 6 nitrogen and oxygen atoms in total. The van der Waals surface area contributed by atoms with Crippen LogP contribution < -0.4 is 15.2 Å². The summed E-state index contributed by atoms with van der Waals surface area (Å²) in [6.07, 6.45) is -5.54. The highest BCUT2D eigenvalue weighted by Crippen LogP contribution is 2.36. The number of nitrogens with one attached hydrogen (secondary N) is 1. The van der Waals surface area contributed by atoms with Crippen LogP contribution >= 0.6 is 0 Å². The van der Waals surface area contributed by atoms with E-state index < -0.39 is 58.2 Å². The highest BCUT2D eigenvalue weighted by molar-refractivity contribution is 7.90. The number of rotatable bonds is 4. The van der Waals surface area contributed by atoms with Gasteiger partial charge in [-0.25, -0.2) is 13.8 Å². The Bertz CT molecular complexity index is 1090. The number of piperidine rings is 1. The van der Waals surface area contributed by atoms with Crippen LogP contribution in [0.25, 0.3) is 10.9 Å². The van der Waals surface area contributed by atoms with Gasteiger partial charge in [0.05, 0.1) is 22.5 Å². The summed E-state index contributed by atoms with van der Waals surface area (Å²) < 4.78 is 83.8. The van der Waals surface area contributed by atoms with Crippen molar-refractivity contribution < 1.29 is 26.5 Å². The second kappa shape index (κ2) is 8.70. The zero-order chi connectivity index (χ0) is 24.9. The molecule has 1 aliphatic heterocycles. The number of fused-ring (bicyclic) bond motifs is 1. The van der Waals surface area contributed by atoms with E-state index in [1.165, 1.54) is 11.9 Å². The number of halogens is 5. The summed E-state index contributed by atoms with van der Waals surface area (Å²) in [6.45, 7) is 6.59. The molecular weight excluding hydrogens is 467 g/mol. The lowest BCUT2D eigenvalue weighted by Crippen LogP contribution is -2.42. The molecule has 0 saturated carbocycles. The van der Waals surface area contributed by atoms with Gasteiger partial charge in [0, 0.05) is 49.9 Å². The van der Waals surface area contributed by atoms with E-state index in [0.29, 0.717) is 0 Å². The molecule has 1 fully saturated rings. The summed E-state index contributed by atoms with van der Waals surface area (Å²) >= 11 is -1.60. The standard InChI is InChI=1S/C21H27F5N4O2S/c1-12(28-33(32)19(2,3)4)14-10-13(21(24,25)26)11-15-16(14)27-18(29(5)17(15)31)30-8-6-20(22,23)7-9-30/h10-12,28H,6-9H2,1-5H3/t12-,33-/m1/s1. The van der Waals surface area contributed by atoms with Gasteiger partial charge >= 0.3 is 6.18 Å². The number of benzene rings is 1. The van der Waals surface area contributed by atoms with Gasteiger partial charge in [-0.3, -0.25) is 9.36 Å². The van der Waals surface area contributed by atoms with E-state index in [-0.39, 0.29) is 35.5 Å². The Kier molecular flexibility index (Phi) is 6.77. The van der Waals surface area contributed by atoms with E-state index in [9.17, 15) is 31.3 Å². The summed E-state index contributed by atoms with van der Waals surface area (Å²) in [5, 5.41) is -0.247. The van der Waals surface area contributed by atoms with E-state index >= 15 is 0 Å². The first-order chi connectivity index (χ1) is 15.0. The molecule has 2 heterocycles. The molecule has 0 amide bonds. The number of hydrogen-bond acceptors (Lipinski definition) is 5. The lowest BCUT2D eigenvalue weighted by atomic mass is 10.0. The number of hydrogen-bond donors (Lipinski definition) is 1. The van der Waals surface area contributed by atoms with Gasteiger partial charge in [-0.05, 0) is 39.8 Å². The molecule has 1 aromatic heterocycles. The zero-order valence-electron chi connectivity index (χ0n) is 19.0. The lowest BCUT2D eigenvalue weighted by Gasteiger charge is -2.33. The largest absolute Gasteiger partial charge is 0.598 e. The molecule has 33 heavy (non-hydrogen) atoms. The number of aromatic nitrogens is 2. The third-order valence-electron chi connectivity index (χ3n) is 5.60. The molecule has 0 unspecified atom stereocenters. The van der Waals surface area contributed by atoms with Gasteiger partial charge in [0.1, 0.15) is 4.75 Å². The highest BCUT2D eigenvalue weighted by Gasteiger charge is 2.37. The summed E-state index contributed by atoms with van der Waals surface area (Å²) in [7, 11) is 1.35. The third-order valence-corrected chi connectivity index (χ3v) is 7.28. The van der Waals surface area contributed by atoms with E-state index in [1.54, 1.807) is 27.7 Å². The SMILES string of the molecule is C[C@@H](N[S@+]([O-])C(C)(C)C)c1cc(C(F)(F)F)cc2c(=O)n(C)c(N3CCC(F)(F)CC3)nc12. The minimum absolute atomic E-state index is 0.0179. The Hall–Kier alpha value is -1.92. The second-order valence-electron chi connectivity index (χ2n) is 9.30. The topological polar surface area (TPSA) is 73.2 Å². The van der Waals surface area contributed by atoms with E-state index in [4.69, 9.17) is 0 Å². The fraction of sp³-hybridized carbons (Fsp3) is 0.619. The Balaban J connectivity index is 2.18. The minimum Gasteiger partial charge on any atom is -0.598 e. The smallest absolute Gasteiger partial charge is 0.416 e. The first-order valence-corrected chi connectivity index (χ1v) is 11.6. The Morgan fingerprint density at radius 3 is 2.27 bits per heavy atom. The van der Waals surface area contributed by atoms with Crippen LogP contribution in [-0.2, 0) is 24.6 Å². The van der Waals surface area contributed by atoms with Gasteiger partial charge in [-0.15, -0.1) is 4.72 Å². The van der Waals surface area contributed by atoms with Crippen LogP contribution in [0, 0.1) is 0 Å². The quantitative estimate of drug-likeness (QED) is 0.507. The van der Waals surface area contributed by atoms with E-state index in [0.717, 1.165) is 16.7 Å². The number of nitrogens with zero attached hydrogens (tertiary/aromatic N) is 3. The van der Waals surface area contributed by atoms with Crippen LogP contribution in [0.1, 0.15) is 57.7 Å². The first-order valence-electron chi connectivity index (χ1n) is 10.4. The van der Waals surface area contributed by atoms with Gasteiger partial charge < -0.3 is 9.45 Å². The molecule has 0 radical (unpaired) electrons. The van der Waals surface area contributed by atoms with Crippen molar-refractivity contribution in [1.82, 2.24) is 14.3 Å². The van der Waals surface area contributed by atoms with E-state index in [1.807, 2.05) is 0 Å². The monoisotopic (exact) mass is 494 g/mol. The lowest BCUT2D eigenvalue weighted by molar-refractivity contribution is -0.137. The second-order valence-corrected chi connectivity index (χ2v) is 11.3.